The monoisotopic (exact) mass is 169 g/mol. The molecule has 0 amide bonds. The van der Waals surface area contributed by atoms with Crippen LogP contribution in [0.5, 0.6) is 0 Å². The molecule has 1 aliphatic carbocycles. The van der Waals surface area contributed by atoms with E-state index >= 15 is 0 Å². The quantitative estimate of drug-likeness (QED) is 0.656. The van der Waals surface area contributed by atoms with Gasteiger partial charge in [-0.25, -0.2) is 0 Å². The van der Waals surface area contributed by atoms with Crippen molar-refractivity contribution in [1.82, 2.24) is 5.32 Å². The summed E-state index contributed by atoms with van der Waals surface area (Å²) in [6, 6.07) is 0.426. The summed E-state index contributed by atoms with van der Waals surface area (Å²) in [5.41, 5.74) is 0. The van der Waals surface area contributed by atoms with Gasteiger partial charge in [0.2, 0.25) is 0 Å². The van der Waals surface area contributed by atoms with Crippen LogP contribution in [0.1, 0.15) is 39.5 Å². The lowest BCUT2D eigenvalue weighted by Crippen LogP contribution is -2.29. The Balaban J connectivity index is 1.95. The molecule has 0 bridgehead atoms. The van der Waals surface area contributed by atoms with Crippen molar-refractivity contribution in [2.45, 2.75) is 45.6 Å². The molecule has 70 valence electrons. The van der Waals surface area contributed by atoms with Crippen molar-refractivity contribution >= 4 is 5.78 Å². The summed E-state index contributed by atoms with van der Waals surface area (Å²) in [6.07, 6.45) is 4.61. The normalized spacial score (nSPS) is 16.9. The molecule has 0 aromatic heterocycles. The van der Waals surface area contributed by atoms with Crippen LogP contribution in [0.25, 0.3) is 0 Å². The van der Waals surface area contributed by atoms with E-state index in [0.29, 0.717) is 18.4 Å². The van der Waals surface area contributed by atoms with Gasteiger partial charge in [0.05, 0.1) is 6.54 Å². The predicted octanol–water partition coefficient (Wildman–Crippen LogP) is 1.74. The molecule has 0 aromatic rings. The van der Waals surface area contributed by atoms with E-state index in [1.165, 1.54) is 12.8 Å². The standard InChI is InChI=1S/C10H19NO/c1-8(2)11-7-10(12)6-5-9-3-4-9/h8-9,11H,3-7H2,1-2H3. The van der Waals surface area contributed by atoms with Crippen molar-refractivity contribution in [1.29, 1.82) is 0 Å². The van der Waals surface area contributed by atoms with Crippen LogP contribution in [0.3, 0.4) is 0 Å². The molecule has 2 heteroatoms. The van der Waals surface area contributed by atoms with E-state index in [4.69, 9.17) is 0 Å². The van der Waals surface area contributed by atoms with Gasteiger partial charge in [0.25, 0.3) is 0 Å². The lowest BCUT2D eigenvalue weighted by atomic mass is 10.1. The van der Waals surface area contributed by atoms with Crippen LogP contribution in [0.2, 0.25) is 0 Å². The molecule has 0 radical (unpaired) electrons. The van der Waals surface area contributed by atoms with Gasteiger partial charge < -0.3 is 5.32 Å². The molecule has 1 fully saturated rings. The van der Waals surface area contributed by atoms with E-state index in [-0.39, 0.29) is 0 Å². The second-order valence-corrected chi connectivity index (χ2v) is 4.06. The van der Waals surface area contributed by atoms with E-state index < -0.39 is 0 Å². The maximum absolute atomic E-state index is 11.2. The first-order valence-electron chi connectivity index (χ1n) is 4.93. The number of carbonyl (C=O) groups is 1. The molecule has 0 unspecified atom stereocenters. The number of nitrogens with one attached hydrogen (secondary N) is 1. The van der Waals surface area contributed by atoms with Crippen molar-refractivity contribution in [3.05, 3.63) is 0 Å². The number of ketones is 1. The maximum atomic E-state index is 11.2. The molecule has 1 saturated carbocycles. The highest BCUT2D eigenvalue weighted by Gasteiger charge is 2.21. The molecule has 0 aromatic carbocycles. The van der Waals surface area contributed by atoms with E-state index in [2.05, 4.69) is 19.2 Å². The molecule has 0 heterocycles. The smallest absolute Gasteiger partial charge is 0.146 e. The van der Waals surface area contributed by atoms with Crippen LogP contribution < -0.4 is 5.32 Å². The molecule has 0 spiro atoms. The van der Waals surface area contributed by atoms with Crippen LogP contribution in [0.4, 0.5) is 0 Å². The Labute approximate surface area is 74.7 Å². The highest BCUT2D eigenvalue weighted by atomic mass is 16.1. The summed E-state index contributed by atoms with van der Waals surface area (Å²) >= 11 is 0. The van der Waals surface area contributed by atoms with Gasteiger partial charge in [0.1, 0.15) is 5.78 Å². The molecule has 0 aliphatic heterocycles. The Morgan fingerprint density at radius 1 is 1.50 bits per heavy atom. The van der Waals surface area contributed by atoms with E-state index in [0.717, 1.165) is 18.8 Å². The summed E-state index contributed by atoms with van der Waals surface area (Å²) < 4.78 is 0. The fourth-order valence-corrected chi connectivity index (χ4v) is 1.18. The third kappa shape index (κ3) is 4.50. The molecule has 2 nitrogen and oxygen atoms in total. The molecule has 1 N–H and O–H groups in total. The van der Waals surface area contributed by atoms with Crippen LogP contribution in [0.15, 0.2) is 0 Å². The van der Waals surface area contributed by atoms with Crippen molar-refractivity contribution in [2.24, 2.45) is 5.92 Å². The second kappa shape index (κ2) is 4.61. The van der Waals surface area contributed by atoms with Gasteiger partial charge in [-0.15, -0.1) is 0 Å². The summed E-state index contributed by atoms with van der Waals surface area (Å²) in [5, 5.41) is 3.14. The van der Waals surface area contributed by atoms with Crippen molar-refractivity contribution in [2.75, 3.05) is 6.54 Å². The summed E-state index contributed by atoms with van der Waals surface area (Å²) in [4.78, 5) is 11.2. The lowest BCUT2D eigenvalue weighted by Gasteiger charge is -2.06. The predicted molar refractivity (Wildman–Crippen MR) is 50.1 cm³/mol. The van der Waals surface area contributed by atoms with Gasteiger partial charge in [-0.2, -0.15) is 0 Å². The number of carbonyl (C=O) groups excluding carboxylic acids is 1. The lowest BCUT2D eigenvalue weighted by molar-refractivity contribution is -0.118. The third-order valence-corrected chi connectivity index (χ3v) is 2.24. The summed E-state index contributed by atoms with van der Waals surface area (Å²) in [7, 11) is 0. The fraction of sp³-hybridized carbons (Fsp3) is 0.900. The summed E-state index contributed by atoms with van der Waals surface area (Å²) in [5.74, 6) is 1.25. The number of hydrogen-bond donors (Lipinski definition) is 1. The molecule has 12 heavy (non-hydrogen) atoms. The van der Waals surface area contributed by atoms with Gasteiger partial charge >= 0.3 is 0 Å². The molecular formula is C10H19NO. The first-order valence-corrected chi connectivity index (χ1v) is 4.93. The minimum atomic E-state index is 0.371. The number of hydrogen-bond acceptors (Lipinski definition) is 2. The van der Waals surface area contributed by atoms with Crippen LogP contribution in [0, 0.1) is 5.92 Å². The van der Waals surface area contributed by atoms with E-state index in [1.807, 2.05) is 0 Å². The van der Waals surface area contributed by atoms with E-state index in [1.54, 1.807) is 0 Å². The average molecular weight is 169 g/mol. The number of Topliss-reactive ketones (excluding diaryl/α,β-unsaturated/α-hetero) is 1. The largest absolute Gasteiger partial charge is 0.308 e. The maximum Gasteiger partial charge on any atom is 0.146 e. The highest BCUT2D eigenvalue weighted by molar-refractivity contribution is 5.80. The van der Waals surface area contributed by atoms with Gasteiger partial charge in [0, 0.05) is 12.5 Å². The Morgan fingerprint density at radius 2 is 2.17 bits per heavy atom. The minimum Gasteiger partial charge on any atom is -0.308 e. The van der Waals surface area contributed by atoms with Gasteiger partial charge in [-0.1, -0.05) is 26.7 Å². The molecular weight excluding hydrogens is 150 g/mol. The van der Waals surface area contributed by atoms with Crippen LogP contribution >= 0.6 is 0 Å². The molecule has 1 aliphatic rings. The van der Waals surface area contributed by atoms with E-state index in [9.17, 15) is 4.79 Å². The SMILES string of the molecule is CC(C)NCC(=O)CCC1CC1. The van der Waals surface area contributed by atoms with Crippen molar-refractivity contribution in [3.63, 3.8) is 0 Å². The molecule has 0 atom stereocenters. The Bertz CT molecular complexity index is 142. The summed E-state index contributed by atoms with van der Waals surface area (Å²) in [6.45, 7) is 4.69. The minimum absolute atomic E-state index is 0.371. The second-order valence-electron chi connectivity index (χ2n) is 4.06. The highest BCUT2D eigenvalue weighted by Crippen LogP contribution is 2.33. The van der Waals surface area contributed by atoms with Gasteiger partial charge in [-0.3, -0.25) is 4.79 Å². The number of rotatable bonds is 6. The Morgan fingerprint density at radius 3 is 2.67 bits per heavy atom. The van der Waals surface area contributed by atoms with Crippen LogP contribution in [-0.2, 0) is 4.79 Å². The zero-order valence-corrected chi connectivity index (χ0v) is 8.10. The molecule has 0 saturated heterocycles. The van der Waals surface area contributed by atoms with Crippen molar-refractivity contribution in [3.8, 4) is 0 Å². The van der Waals surface area contributed by atoms with Crippen molar-refractivity contribution < 1.29 is 4.79 Å². The van der Waals surface area contributed by atoms with Gasteiger partial charge in [0.15, 0.2) is 0 Å². The first-order chi connectivity index (χ1) is 5.68. The Hall–Kier alpha value is -0.370. The third-order valence-electron chi connectivity index (χ3n) is 2.24. The average Bonchev–Trinajstić information content (AvgIpc) is 2.80. The molecule has 1 rings (SSSR count). The topological polar surface area (TPSA) is 29.1 Å². The Kier molecular flexibility index (Phi) is 3.73. The fourth-order valence-electron chi connectivity index (χ4n) is 1.18. The first kappa shape index (κ1) is 9.72. The van der Waals surface area contributed by atoms with Crippen LogP contribution in [-0.4, -0.2) is 18.4 Å². The zero-order chi connectivity index (χ0) is 8.97. The van der Waals surface area contributed by atoms with Gasteiger partial charge in [-0.05, 0) is 12.3 Å². The zero-order valence-electron chi connectivity index (χ0n) is 8.10.